The van der Waals surface area contributed by atoms with Crippen LogP contribution in [0.4, 0.5) is 0 Å². The van der Waals surface area contributed by atoms with E-state index in [1.807, 2.05) is 0 Å². The molecule has 2 aliphatic carbocycles. The van der Waals surface area contributed by atoms with Crippen LogP contribution in [0.1, 0.15) is 58.3 Å². The SMILES string of the molecule is CC1(CC2(C(=O)O)CC2)CCCCC1. The van der Waals surface area contributed by atoms with Crippen molar-refractivity contribution >= 4 is 5.97 Å². The molecule has 0 aromatic heterocycles. The van der Waals surface area contributed by atoms with Gasteiger partial charge in [-0.05, 0) is 37.5 Å². The van der Waals surface area contributed by atoms with Gasteiger partial charge >= 0.3 is 5.97 Å². The normalized spacial score (nSPS) is 28.4. The Balaban J connectivity index is 1.98. The summed E-state index contributed by atoms with van der Waals surface area (Å²) in [5.41, 5.74) is 0.0131. The van der Waals surface area contributed by atoms with Crippen LogP contribution in [0.15, 0.2) is 0 Å². The van der Waals surface area contributed by atoms with Gasteiger partial charge in [0, 0.05) is 0 Å². The van der Waals surface area contributed by atoms with Crippen LogP contribution >= 0.6 is 0 Å². The molecule has 14 heavy (non-hydrogen) atoms. The maximum Gasteiger partial charge on any atom is 0.309 e. The molecule has 0 amide bonds. The summed E-state index contributed by atoms with van der Waals surface area (Å²) in [7, 11) is 0. The summed E-state index contributed by atoms with van der Waals surface area (Å²) in [4.78, 5) is 11.1. The molecule has 2 nitrogen and oxygen atoms in total. The standard InChI is InChI=1S/C12H20O2/c1-11(5-3-2-4-6-11)9-12(7-8-12)10(13)14/h2-9H2,1H3,(H,13,14). The summed E-state index contributed by atoms with van der Waals surface area (Å²) < 4.78 is 0. The summed E-state index contributed by atoms with van der Waals surface area (Å²) in [6.07, 6.45) is 9.17. The molecule has 2 saturated carbocycles. The highest BCUT2D eigenvalue weighted by molar-refractivity contribution is 5.77. The van der Waals surface area contributed by atoms with Crippen LogP contribution < -0.4 is 0 Å². The number of carboxylic acids is 1. The van der Waals surface area contributed by atoms with Crippen molar-refractivity contribution in [1.82, 2.24) is 0 Å². The fourth-order valence-corrected chi connectivity index (χ4v) is 3.02. The molecular weight excluding hydrogens is 176 g/mol. The van der Waals surface area contributed by atoms with Gasteiger partial charge in [-0.1, -0.05) is 26.2 Å². The third-order valence-corrected chi connectivity index (χ3v) is 4.13. The van der Waals surface area contributed by atoms with E-state index in [0.29, 0.717) is 5.41 Å². The van der Waals surface area contributed by atoms with E-state index < -0.39 is 5.97 Å². The maximum absolute atomic E-state index is 11.1. The molecule has 0 aromatic rings. The van der Waals surface area contributed by atoms with Gasteiger partial charge in [-0.25, -0.2) is 0 Å². The van der Waals surface area contributed by atoms with E-state index in [1.54, 1.807) is 0 Å². The lowest BCUT2D eigenvalue weighted by molar-refractivity contribution is -0.145. The Morgan fingerprint density at radius 1 is 1.14 bits per heavy atom. The first-order valence-electron chi connectivity index (χ1n) is 5.80. The monoisotopic (exact) mass is 196 g/mol. The van der Waals surface area contributed by atoms with Crippen molar-refractivity contribution in [2.24, 2.45) is 10.8 Å². The molecule has 2 heteroatoms. The van der Waals surface area contributed by atoms with Crippen molar-refractivity contribution in [1.29, 1.82) is 0 Å². The van der Waals surface area contributed by atoms with Crippen LogP contribution in [0, 0.1) is 10.8 Å². The molecular formula is C12H20O2. The lowest BCUT2D eigenvalue weighted by atomic mass is 9.69. The number of carbonyl (C=O) groups is 1. The molecule has 0 unspecified atom stereocenters. The summed E-state index contributed by atoms with van der Waals surface area (Å²) in [6.45, 7) is 2.29. The Kier molecular flexibility index (Phi) is 2.32. The number of aliphatic carboxylic acids is 1. The molecule has 2 aliphatic rings. The first-order chi connectivity index (χ1) is 6.56. The lowest BCUT2D eigenvalue weighted by Crippen LogP contribution is -2.28. The minimum atomic E-state index is -0.552. The Labute approximate surface area is 85.7 Å². The van der Waals surface area contributed by atoms with Gasteiger partial charge in [-0.15, -0.1) is 0 Å². The third-order valence-electron chi connectivity index (χ3n) is 4.13. The Morgan fingerprint density at radius 2 is 1.71 bits per heavy atom. The topological polar surface area (TPSA) is 37.3 Å². The molecule has 80 valence electrons. The van der Waals surface area contributed by atoms with Crippen LogP contribution in [0.5, 0.6) is 0 Å². The summed E-state index contributed by atoms with van der Waals surface area (Å²) in [5.74, 6) is -0.552. The van der Waals surface area contributed by atoms with E-state index in [4.69, 9.17) is 5.11 Å². The minimum Gasteiger partial charge on any atom is -0.481 e. The summed E-state index contributed by atoms with van der Waals surface area (Å²) >= 11 is 0. The molecule has 0 heterocycles. The highest BCUT2D eigenvalue weighted by Gasteiger charge is 2.53. The zero-order valence-electron chi connectivity index (χ0n) is 9.01. The lowest BCUT2D eigenvalue weighted by Gasteiger charge is -2.35. The largest absolute Gasteiger partial charge is 0.481 e. The van der Waals surface area contributed by atoms with Gasteiger partial charge in [0.15, 0.2) is 0 Å². The highest BCUT2D eigenvalue weighted by atomic mass is 16.4. The quantitative estimate of drug-likeness (QED) is 0.752. The second-order valence-electron chi connectivity index (χ2n) is 5.63. The van der Waals surface area contributed by atoms with Gasteiger partial charge in [-0.2, -0.15) is 0 Å². The van der Waals surface area contributed by atoms with E-state index >= 15 is 0 Å². The van der Waals surface area contributed by atoms with Crippen LogP contribution in [0.25, 0.3) is 0 Å². The van der Waals surface area contributed by atoms with Crippen molar-refractivity contribution in [3.63, 3.8) is 0 Å². The Morgan fingerprint density at radius 3 is 2.14 bits per heavy atom. The molecule has 0 spiro atoms. The summed E-state index contributed by atoms with van der Waals surface area (Å²) in [6, 6.07) is 0. The molecule has 0 atom stereocenters. The van der Waals surface area contributed by atoms with E-state index in [2.05, 4.69) is 6.92 Å². The second kappa shape index (κ2) is 3.25. The third kappa shape index (κ3) is 1.79. The molecule has 0 bridgehead atoms. The molecule has 1 N–H and O–H groups in total. The predicted octanol–water partition coefficient (Wildman–Crippen LogP) is 3.21. The highest BCUT2D eigenvalue weighted by Crippen LogP contribution is 2.56. The summed E-state index contributed by atoms with van der Waals surface area (Å²) in [5, 5.41) is 9.15. The van der Waals surface area contributed by atoms with Crippen LogP contribution in [-0.2, 0) is 4.79 Å². The molecule has 0 radical (unpaired) electrons. The predicted molar refractivity (Wildman–Crippen MR) is 55.1 cm³/mol. The molecule has 0 aliphatic heterocycles. The number of hydrogen-bond acceptors (Lipinski definition) is 1. The first-order valence-corrected chi connectivity index (χ1v) is 5.80. The van der Waals surface area contributed by atoms with Gasteiger partial charge < -0.3 is 5.11 Å². The molecule has 0 aromatic carbocycles. The first kappa shape index (κ1) is 10.0. The second-order valence-corrected chi connectivity index (χ2v) is 5.63. The van der Waals surface area contributed by atoms with Crippen molar-refractivity contribution in [3.8, 4) is 0 Å². The van der Waals surface area contributed by atoms with Gasteiger partial charge in [0.25, 0.3) is 0 Å². The number of rotatable bonds is 3. The fourth-order valence-electron chi connectivity index (χ4n) is 3.02. The van der Waals surface area contributed by atoms with Crippen LogP contribution in [0.3, 0.4) is 0 Å². The van der Waals surface area contributed by atoms with E-state index in [-0.39, 0.29) is 5.41 Å². The zero-order chi connectivity index (χ0) is 10.2. The minimum absolute atomic E-state index is 0.313. The van der Waals surface area contributed by atoms with E-state index in [9.17, 15) is 4.79 Å². The average Bonchev–Trinajstić information content (AvgIpc) is 2.86. The Bertz CT molecular complexity index is 235. The van der Waals surface area contributed by atoms with Crippen molar-refractivity contribution in [3.05, 3.63) is 0 Å². The van der Waals surface area contributed by atoms with Gasteiger partial charge in [0.2, 0.25) is 0 Å². The van der Waals surface area contributed by atoms with Gasteiger partial charge in [-0.3, -0.25) is 4.79 Å². The van der Waals surface area contributed by atoms with E-state index in [1.165, 1.54) is 32.1 Å². The van der Waals surface area contributed by atoms with Gasteiger partial charge in [0.1, 0.15) is 0 Å². The zero-order valence-corrected chi connectivity index (χ0v) is 9.01. The van der Waals surface area contributed by atoms with E-state index in [0.717, 1.165) is 19.3 Å². The van der Waals surface area contributed by atoms with Crippen molar-refractivity contribution < 1.29 is 9.90 Å². The van der Waals surface area contributed by atoms with Crippen molar-refractivity contribution in [2.45, 2.75) is 58.3 Å². The number of carboxylic acid groups (broad SMARTS) is 1. The van der Waals surface area contributed by atoms with Crippen LogP contribution in [-0.4, -0.2) is 11.1 Å². The fraction of sp³-hybridized carbons (Fsp3) is 0.917. The Hall–Kier alpha value is -0.530. The number of hydrogen-bond donors (Lipinski definition) is 1. The van der Waals surface area contributed by atoms with Crippen molar-refractivity contribution in [2.75, 3.05) is 0 Å². The average molecular weight is 196 g/mol. The smallest absolute Gasteiger partial charge is 0.309 e. The van der Waals surface area contributed by atoms with Gasteiger partial charge in [0.05, 0.1) is 5.41 Å². The molecule has 2 rings (SSSR count). The van der Waals surface area contributed by atoms with Crippen LogP contribution in [0.2, 0.25) is 0 Å². The molecule has 0 saturated heterocycles. The molecule has 2 fully saturated rings. The maximum atomic E-state index is 11.1.